The Bertz CT molecular complexity index is 809. The molecule has 22 heavy (non-hydrogen) atoms. The van der Waals surface area contributed by atoms with Gasteiger partial charge < -0.3 is 18.8 Å². The van der Waals surface area contributed by atoms with Crippen molar-refractivity contribution < 1.29 is 19.1 Å². The normalized spacial score (nSPS) is 13.6. The quantitative estimate of drug-likeness (QED) is 0.678. The molecular formula is C15H14N2O4S. The van der Waals surface area contributed by atoms with Crippen LogP contribution in [0, 0.1) is 0 Å². The number of H-pyrrole nitrogens is 1. The predicted octanol–water partition coefficient (Wildman–Crippen LogP) is 2.57. The molecule has 0 atom stereocenters. The van der Waals surface area contributed by atoms with E-state index in [1.54, 1.807) is 24.4 Å². The highest BCUT2D eigenvalue weighted by Crippen LogP contribution is 2.40. The third-order valence-electron chi connectivity index (χ3n) is 3.46. The van der Waals surface area contributed by atoms with Crippen LogP contribution < -0.4 is 4.31 Å². The average molecular weight is 318 g/mol. The number of anilines is 1. The van der Waals surface area contributed by atoms with E-state index in [4.69, 9.17) is 9.47 Å². The van der Waals surface area contributed by atoms with Crippen LogP contribution >= 0.6 is 11.9 Å². The highest BCUT2D eigenvalue weighted by Gasteiger charge is 2.23. The van der Waals surface area contributed by atoms with Crippen molar-refractivity contribution in [1.29, 1.82) is 0 Å². The van der Waals surface area contributed by atoms with Gasteiger partial charge in [0.1, 0.15) is 4.91 Å². The first-order valence-electron chi connectivity index (χ1n) is 6.50. The van der Waals surface area contributed by atoms with Crippen LogP contribution in [0.25, 0.3) is 17.0 Å². The second-order valence-corrected chi connectivity index (χ2v) is 5.91. The van der Waals surface area contributed by atoms with E-state index >= 15 is 0 Å². The maximum Gasteiger partial charge on any atom is 0.346 e. The molecule has 7 heteroatoms. The predicted molar refractivity (Wildman–Crippen MR) is 85.6 cm³/mol. The lowest BCUT2D eigenvalue weighted by atomic mass is 10.1. The zero-order valence-electron chi connectivity index (χ0n) is 12.3. The molecule has 114 valence electrons. The summed E-state index contributed by atoms with van der Waals surface area (Å²) in [5, 5.41) is 0.946. The summed E-state index contributed by atoms with van der Waals surface area (Å²) in [6.07, 6.45) is 3.58. The number of rotatable bonds is 2. The first-order chi connectivity index (χ1) is 10.5. The van der Waals surface area contributed by atoms with E-state index in [2.05, 4.69) is 4.98 Å². The van der Waals surface area contributed by atoms with Gasteiger partial charge in [-0.15, -0.1) is 0 Å². The highest BCUT2D eigenvalue weighted by molar-refractivity contribution is 8.05. The molecule has 0 spiro atoms. The van der Waals surface area contributed by atoms with Gasteiger partial charge >= 0.3 is 11.9 Å². The molecule has 1 aliphatic heterocycles. The maximum atomic E-state index is 11.9. The largest absolute Gasteiger partial charge is 0.465 e. The van der Waals surface area contributed by atoms with Crippen LogP contribution in [0.15, 0.2) is 23.2 Å². The number of carbonyl (C=O) groups is 2. The molecule has 6 nitrogen and oxygen atoms in total. The van der Waals surface area contributed by atoms with Crippen molar-refractivity contribution in [3.63, 3.8) is 0 Å². The molecule has 0 amide bonds. The lowest BCUT2D eigenvalue weighted by Crippen LogP contribution is -2.12. The summed E-state index contributed by atoms with van der Waals surface area (Å²) in [6, 6.07) is 3.50. The van der Waals surface area contributed by atoms with Crippen LogP contribution in [-0.2, 0) is 14.3 Å². The SMILES string of the molecule is COC(=O)C1=Cc2c[nH]c3cc(C(=O)OC)cc(c23)N(C)S1. The fourth-order valence-corrected chi connectivity index (χ4v) is 3.31. The number of hydrogen-bond donors (Lipinski definition) is 1. The van der Waals surface area contributed by atoms with Gasteiger partial charge in [0.05, 0.1) is 25.5 Å². The summed E-state index contributed by atoms with van der Waals surface area (Å²) in [5.41, 5.74) is 2.96. The summed E-state index contributed by atoms with van der Waals surface area (Å²) < 4.78 is 11.4. The fraction of sp³-hybridized carbons (Fsp3) is 0.200. The number of nitrogens with one attached hydrogen (secondary N) is 1. The second kappa shape index (κ2) is 5.42. The number of nitrogens with zero attached hydrogens (tertiary/aromatic N) is 1. The third-order valence-corrected chi connectivity index (χ3v) is 4.41. The van der Waals surface area contributed by atoms with Crippen LogP contribution in [-0.4, -0.2) is 38.2 Å². The van der Waals surface area contributed by atoms with Gasteiger partial charge in [-0.1, -0.05) is 0 Å². The van der Waals surface area contributed by atoms with Gasteiger partial charge in [-0.2, -0.15) is 0 Å². The van der Waals surface area contributed by atoms with E-state index in [-0.39, 0.29) is 0 Å². The Morgan fingerprint density at radius 3 is 2.59 bits per heavy atom. The van der Waals surface area contributed by atoms with Crippen molar-refractivity contribution in [2.24, 2.45) is 0 Å². The van der Waals surface area contributed by atoms with Gasteiger partial charge in [0.25, 0.3) is 0 Å². The first-order valence-corrected chi connectivity index (χ1v) is 7.27. The Balaban J connectivity index is 2.21. The highest BCUT2D eigenvalue weighted by atomic mass is 32.2. The molecule has 0 bridgehead atoms. The van der Waals surface area contributed by atoms with Crippen molar-refractivity contribution in [1.82, 2.24) is 4.98 Å². The number of ether oxygens (including phenoxy) is 2. The Labute approximate surface area is 131 Å². The molecule has 2 aromatic rings. The summed E-state index contributed by atoms with van der Waals surface area (Å²) in [6.45, 7) is 0. The molecule has 3 rings (SSSR count). The minimum atomic E-state index is -0.405. The molecule has 1 aliphatic rings. The number of esters is 2. The minimum Gasteiger partial charge on any atom is -0.465 e. The molecule has 1 aromatic carbocycles. The van der Waals surface area contributed by atoms with E-state index in [9.17, 15) is 9.59 Å². The number of methoxy groups -OCH3 is 2. The van der Waals surface area contributed by atoms with Gasteiger partial charge in [0.2, 0.25) is 0 Å². The molecule has 1 N–H and O–H groups in total. The average Bonchev–Trinajstić information content (AvgIpc) is 2.87. The first kappa shape index (κ1) is 14.5. The standard InChI is InChI=1S/C15H14N2O4S/c1-17-11-5-8(14(18)20-2)4-10-13(11)9(7-16-10)6-12(22-17)15(19)21-3/h4-7,16H,1-3H3. The molecule has 0 saturated heterocycles. The van der Waals surface area contributed by atoms with E-state index in [1.807, 2.05) is 11.4 Å². The van der Waals surface area contributed by atoms with Crippen molar-refractivity contribution in [2.45, 2.75) is 0 Å². The molecule has 1 aromatic heterocycles. The minimum absolute atomic E-state index is 0.396. The molecule has 0 radical (unpaired) electrons. The number of hydrogen-bond acceptors (Lipinski definition) is 6. The van der Waals surface area contributed by atoms with Crippen molar-refractivity contribution in [3.05, 3.63) is 34.4 Å². The van der Waals surface area contributed by atoms with E-state index in [1.165, 1.54) is 26.2 Å². The van der Waals surface area contributed by atoms with Gasteiger partial charge in [0, 0.05) is 29.7 Å². The Morgan fingerprint density at radius 1 is 1.18 bits per heavy atom. The van der Waals surface area contributed by atoms with Crippen molar-refractivity contribution in [3.8, 4) is 0 Å². The number of aromatic amines is 1. The Kier molecular flexibility index (Phi) is 3.58. The number of benzene rings is 1. The van der Waals surface area contributed by atoms with Gasteiger partial charge in [-0.05, 0) is 30.2 Å². The molecule has 0 unspecified atom stereocenters. The van der Waals surface area contributed by atoms with Crippen LogP contribution in [0.4, 0.5) is 5.69 Å². The van der Waals surface area contributed by atoms with Crippen LogP contribution in [0.2, 0.25) is 0 Å². The zero-order chi connectivity index (χ0) is 15.9. The summed E-state index contributed by atoms with van der Waals surface area (Å²) in [4.78, 5) is 27.3. The summed E-state index contributed by atoms with van der Waals surface area (Å²) in [5.74, 6) is -0.801. The summed E-state index contributed by atoms with van der Waals surface area (Å²) >= 11 is 1.26. The van der Waals surface area contributed by atoms with Crippen LogP contribution in [0.1, 0.15) is 15.9 Å². The monoisotopic (exact) mass is 318 g/mol. The van der Waals surface area contributed by atoms with Gasteiger partial charge in [-0.3, -0.25) is 0 Å². The maximum absolute atomic E-state index is 11.9. The molecule has 0 fully saturated rings. The van der Waals surface area contributed by atoms with Gasteiger partial charge in [0.15, 0.2) is 0 Å². The third kappa shape index (κ3) is 2.23. The Hall–Kier alpha value is -2.41. The van der Waals surface area contributed by atoms with E-state index < -0.39 is 11.9 Å². The number of aromatic nitrogens is 1. The zero-order valence-corrected chi connectivity index (χ0v) is 13.1. The lowest BCUT2D eigenvalue weighted by Gasteiger charge is -2.18. The summed E-state index contributed by atoms with van der Waals surface area (Å²) in [7, 11) is 4.53. The molecule has 2 heterocycles. The molecule has 0 aliphatic carbocycles. The van der Waals surface area contributed by atoms with Crippen molar-refractivity contribution >= 4 is 46.6 Å². The van der Waals surface area contributed by atoms with Crippen LogP contribution in [0.5, 0.6) is 0 Å². The Morgan fingerprint density at radius 2 is 1.91 bits per heavy atom. The molecule has 0 saturated carbocycles. The van der Waals surface area contributed by atoms with Gasteiger partial charge in [-0.25, -0.2) is 9.59 Å². The van der Waals surface area contributed by atoms with Crippen LogP contribution in [0.3, 0.4) is 0 Å². The van der Waals surface area contributed by atoms with E-state index in [0.29, 0.717) is 10.5 Å². The smallest absolute Gasteiger partial charge is 0.346 e. The van der Waals surface area contributed by atoms with E-state index in [0.717, 1.165) is 22.2 Å². The lowest BCUT2D eigenvalue weighted by molar-refractivity contribution is -0.135. The van der Waals surface area contributed by atoms with Crippen molar-refractivity contribution in [2.75, 3.05) is 25.6 Å². The topological polar surface area (TPSA) is 71.6 Å². The molecular weight excluding hydrogens is 304 g/mol. The fourth-order valence-electron chi connectivity index (χ4n) is 2.43. The second-order valence-electron chi connectivity index (χ2n) is 4.74. The number of carbonyl (C=O) groups excluding carboxylic acids is 2.